The summed E-state index contributed by atoms with van der Waals surface area (Å²) in [6.45, 7) is 4.60. The highest BCUT2D eigenvalue weighted by molar-refractivity contribution is 5.93. The molecule has 19 heavy (non-hydrogen) atoms. The van der Waals surface area contributed by atoms with Crippen molar-refractivity contribution in [2.24, 2.45) is 10.9 Å². The number of hydrogen-bond donors (Lipinski definition) is 0. The predicted octanol–water partition coefficient (Wildman–Crippen LogP) is 3.29. The van der Waals surface area contributed by atoms with Crippen molar-refractivity contribution in [3.63, 3.8) is 0 Å². The topological polar surface area (TPSA) is 34.5 Å². The van der Waals surface area contributed by atoms with Gasteiger partial charge in [-0.05, 0) is 18.1 Å². The Labute approximate surface area is 109 Å². The van der Waals surface area contributed by atoms with Crippen LogP contribution in [-0.2, 0) is 10.9 Å². The lowest BCUT2D eigenvalue weighted by Crippen LogP contribution is -2.16. The van der Waals surface area contributed by atoms with E-state index in [9.17, 15) is 13.2 Å². The summed E-state index contributed by atoms with van der Waals surface area (Å²) in [4.78, 5) is 8.14. The van der Waals surface area contributed by atoms with Gasteiger partial charge in [0.2, 0.25) is 5.90 Å². The number of halogens is 3. The van der Waals surface area contributed by atoms with E-state index < -0.39 is 11.7 Å². The van der Waals surface area contributed by atoms with Crippen LogP contribution >= 0.6 is 0 Å². The summed E-state index contributed by atoms with van der Waals surface area (Å²) in [5.74, 6) is 0.714. The highest BCUT2D eigenvalue weighted by Gasteiger charge is 2.31. The van der Waals surface area contributed by atoms with Crippen molar-refractivity contribution in [1.82, 2.24) is 4.98 Å². The van der Waals surface area contributed by atoms with E-state index in [1.165, 1.54) is 6.07 Å². The summed E-state index contributed by atoms with van der Waals surface area (Å²) in [7, 11) is 0. The molecule has 2 rings (SSSR count). The van der Waals surface area contributed by atoms with Crippen LogP contribution in [0.5, 0.6) is 0 Å². The first-order valence-electron chi connectivity index (χ1n) is 6.16. The molecule has 0 saturated heterocycles. The van der Waals surface area contributed by atoms with Crippen LogP contribution < -0.4 is 0 Å². The van der Waals surface area contributed by atoms with Crippen LogP contribution in [0.15, 0.2) is 23.3 Å². The molecule has 3 nitrogen and oxygen atoms in total. The van der Waals surface area contributed by atoms with Crippen LogP contribution in [0.4, 0.5) is 13.2 Å². The molecule has 0 unspecified atom stereocenters. The predicted molar refractivity (Wildman–Crippen MR) is 65.0 cm³/mol. The Morgan fingerprint density at radius 1 is 1.42 bits per heavy atom. The van der Waals surface area contributed by atoms with E-state index in [4.69, 9.17) is 4.74 Å². The third-order valence-corrected chi connectivity index (χ3v) is 3.28. The first-order chi connectivity index (χ1) is 8.91. The second-order valence-corrected chi connectivity index (χ2v) is 4.63. The molecule has 0 aromatic carbocycles. The maximum absolute atomic E-state index is 12.4. The fourth-order valence-corrected chi connectivity index (χ4v) is 1.78. The number of aromatic nitrogens is 1. The highest BCUT2D eigenvalue weighted by Crippen LogP contribution is 2.28. The van der Waals surface area contributed by atoms with Crippen molar-refractivity contribution < 1.29 is 17.9 Å². The Morgan fingerprint density at radius 3 is 2.68 bits per heavy atom. The SMILES string of the molecule is CC[C@@H](C)[C@@H]1COC(c2ccc(C(F)(F)F)cn2)=N1. The third-order valence-electron chi connectivity index (χ3n) is 3.28. The molecule has 0 aliphatic carbocycles. The van der Waals surface area contributed by atoms with Gasteiger partial charge in [0, 0.05) is 6.20 Å². The van der Waals surface area contributed by atoms with Gasteiger partial charge in [0.25, 0.3) is 0 Å². The van der Waals surface area contributed by atoms with E-state index in [1.54, 1.807) is 0 Å². The van der Waals surface area contributed by atoms with Gasteiger partial charge in [-0.25, -0.2) is 4.99 Å². The van der Waals surface area contributed by atoms with Crippen molar-refractivity contribution >= 4 is 5.90 Å². The fraction of sp³-hybridized carbons (Fsp3) is 0.538. The molecule has 1 aliphatic heterocycles. The van der Waals surface area contributed by atoms with Gasteiger partial charge in [0.05, 0.1) is 11.6 Å². The highest BCUT2D eigenvalue weighted by atomic mass is 19.4. The second-order valence-electron chi connectivity index (χ2n) is 4.63. The Hall–Kier alpha value is -1.59. The summed E-state index contributed by atoms with van der Waals surface area (Å²) >= 11 is 0. The van der Waals surface area contributed by atoms with E-state index in [0.29, 0.717) is 24.1 Å². The minimum atomic E-state index is -4.37. The Balaban J connectivity index is 2.16. The standard InChI is InChI=1S/C13H15F3N2O/c1-3-8(2)11-7-19-12(18-11)10-5-4-9(6-17-10)13(14,15)16/h4-6,8,11H,3,7H2,1-2H3/t8-,11+/m1/s1. The van der Waals surface area contributed by atoms with Gasteiger partial charge in [-0.2, -0.15) is 13.2 Å². The first-order valence-corrected chi connectivity index (χ1v) is 6.16. The third kappa shape index (κ3) is 3.05. The molecule has 0 spiro atoms. The molecule has 0 radical (unpaired) electrons. The smallest absolute Gasteiger partial charge is 0.417 e. The lowest BCUT2D eigenvalue weighted by atomic mass is 10.0. The van der Waals surface area contributed by atoms with E-state index >= 15 is 0 Å². The van der Waals surface area contributed by atoms with E-state index in [1.807, 2.05) is 0 Å². The van der Waals surface area contributed by atoms with E-state index in [-0.39, 0.29) is 6.04 Å². The molecule has 2 atom stereocenters. The summed E-state index contributed by atoms with van der Waals surface area (Å²) < 4.78 is 42.6. The molecule has 2 heterocycles. The quantitative estimate of drug-likeness (QED) is 0.846. The Morgan fingerprint density at radius 2 is 2.16 bits per heavy atom. The zero-order valence-corrected chi connectivity index (χ0v) is 10.7. The molecular formula is C13H15F3N2O. The maximum Gasteiger partial charge on any atom is 0.417 e. The molecule has 0 fully saturated rings. The molecule has 1 aromatic rings. The van der Waals surface area contributed by atoms with E-state index in [2.05, 4.69) is 23.8 Å². The second kappa shape index (κ2) is 5.19. The molecular weight excluding hydrogens is 257 g/mol. The summed E-state index contributed by atoms with van der Waals surface area (Å²) in [5, 5.41) is 0. The van der Waals surface area contributed by atoms with Crippen LogP contribution in [0.1, 0.15) is 31.5 Å². The number of pyridine rings is 1. The van der Waals surface area contributed by atoms with Gasteiger partial charge >= 0.3 is 6.18 Å². The van der Waals surface area contributed by atoms with Crippen LogP contribution in [0, 0.1) is 5.92 Å². The van der Waals surface area contributed by atoms with Crippen LogP contribution in [-0.4, -0.2) is 23.5 Å². The number of rotatable bonds is 3. The summed E-state index contributed by atoms with van der Waals surface area (Å²) in [6.07, 6.45) is -2.59. The average molecular weight is 272 g/mol. The normalized spacial score (nSPS) is 20.9. The number of nitrogens with zero attached hydrogens (tertiary/aromatic N) is 2. The van der Waals surface area contributed by atoms with Gasteiger partial charge in [-0.15, -0.1) is 0 Å². The van der Waals surface area contributed by atoms with Crippen molar-refractivity contribution in [3.8, 4) is 0 Å². The number of aliphatic imine (C=N–C) groups is 1. The van der Waals surface area contributed by atoms with Crippen LogP contribution in [0.25, 0.3) is 0 Å². The fourth-order valence-electron chi connectivity index (χ4n) is 1.78. The largest absolute Gasteiger partial charge is 0.474 e. The number of alkyl halides is 3. The molecule has 6 heteroatoms. The minimum Gasteiger partial charge on any atom is -0.474 e. The van der Waals surface area contributed by atoms with Gasteiger partial charge in [-0.1, -0.05) is 20.3 Å². The van der Waals surface area contributed by atoms with Crippen LogP contribution in [0.2, 0.25) is 0 Å². The zero-order chi connectivity index (χ0) is 14.0. The van der Waals surface area contributed by atoms with Crippen molar-refractivity contribution in [3.05, 3.63) is 29.6 Å². The summed E-state index contributed by atoms with van der Waals surface area (Å²) in [5.41, 5.74) is -0.424. The molecule has 1 aliphatic rings. The monoisotopic (exact) mass is 272 g/mol. The zero-order valence-electron chi connectivity index (χ0n) is 10.7. The van der Waals surface area contributed by atoms with Gasteiger partial charge in [0.1, 0.15) is 12.3 Å². The summed E-state index contributed by atoms with van der Waals surface area (Å²) in [6, 6.07) is 2.34. The van der Waals surface area contributed by atoms with Crippen molar-refractivity contribution in [1.29, 1.82) is 0 Å². The Bertz CT molecular complexity index is 468. The van der Waals surface area contributed by atoms with Crippen molar-refractivity contribution in [2.45, 2.75) is 32.5 Å². The average Bonchev–Trinajstić information content (AvgIpc) is 2.86. The van der Waals surface area contributed by atoms with Gasteiger partial charge in [0.15, 0.2) is 0 Å². The minimum absolute atomic E-state index is 0.0593. The lowest BCUT2D eigenvalue weighted by Gasteiger charge is -2.11. The molecule has 1 aromatic heterocycles. The molecule has 0 N–H and O–H groups in total. The van der Waals surface area contributed by atoms with E-state index in [0.717, 1.165) is 18.7 Å². The van der Waals surface area contributed by atoms with Crippen molar-refractivity contribution in [2.75, 3.05) is 6.61 Å². The molecule has 0 amide bonds. The Kier molecular flexibility index (Phi) is 3.78. The van der Waals surface area contributed by atoms with Crippen LogP contribution in [0.3, 0.4) is 0 Å². The maximum atomic E-state index is 12.4. The number of hydrogen-bond acceptors (Lipinski definition) is 3. The molecule has 0 bridgehead atoms. The van der Waals surface area contributed by atoms with Gasteiger partial charge < -0.3 is 4.74 Å². The van der Waals surface area contributed by atoms with Gasteiger partial charge in [-0.3, -0.25) is 4.98 Å². The number of ether oxygens (including phenoxy) is 1. The lowest BCUT2D eigenvalue weighted by molar-refractivity contribution is -0.137. The molecule has 0 saturated carbocycles. The molecule has 104 valence electrons. The first kappa shape index (κ1) is 13.8.